The number of benzene rings is 1. The average Bonchev–Trinajstić information content (AvgIpc) is 2.68. The number of aryl methyl sites for hydroxylation is 1. The van der Waals surface area contributed by atoms with E-state index in [1.807, 2.05) is 18.2 Å². The summed E-state index contributed by atoms with van der Waals surface area (Å²) < 4.78 is 4.84. The van der Waals surface area contributed by atoms with Crippen molar-refractivity contribution in [1.29, 1.82) is 0 Å². The third kappa shape index (κ3) is 13.6. The highest BCUT2D eigenvalue weighted by Gasteiger charge is 2.06. The van der Waals surface area contributed by atoms with Crippen molar-refractivity contribution in [2.75, 3.05) is 0 Å². The van der Waals surface area contributed by atoms with Gasteiger partial charge >= 0.3 is 6.16 Å². The first-order chi connectivity index (χ1) is 13.7. The third-order valence-electron chi connectivity index (χ3n) is 5.47. The van der Waals surface area contributed by atoms with Crippen LogP contribution in [-0.4, -0.2) is 11.3 Å². The van der Waals surface area contributed by atoms with E-state index in [0.29, 0.717) is 5.75 Å². The number of unbranched alkanes of at least 4 members (excludes halogenated alkanes) is 15. The largest absolute Gasteiger partial charge is 0.511 e. The highest BCUT2D eigenvalue weighted by atomic mass is 16.7. The molecule has 3 nitrogen and oxygen atoms in total. The van der Waals surface area contributed by atoms with Gasteiger partial charge in [0.1, 0.15) is 5.75 Å². The predicted molar refractivity (Wildman–Crippen MR) is 118 cm³/mol. The summed E-state index contributed by atoms with van der Waals surface area (Å²) in [6, 6.07) is 7.45. The topological polar surface area (TPSA) is 46.5 Å². The monoisotopic (exact) mass is 390 g/mol. The molecule has 0 fully saturated rings. The Morgan fingerprint density at radius 2 is 1.14 bits per heavy atom. The fraction of sp³-hybridized carbons (Fsp3) is 0.720. The summed E-state index contributed by atoms with van der Waals surface area (Å²) in [5, 5.41) is 8.78. The molecule has 1 N–H and O–H groups in total. The second kappa shape index (κ2) is 17.6. The van der Waals surface area contributed by atoms with Gasteiger partial charge < -0.3 is 9.84 Å². The van der Waals surface area contributed by atoms with Crippen LogP contribution in [0.25, 0.3) is 0 Å². The standard InChI is InChI=1S/C25H42O3/c1-2-3-4-5-6-7-8-9-10-11-12-13-14-15-16-17-20-23-21-18-19-22-24(23)28-25(26)27/h18-19,21-22H,2-17,20H2,1H3,(H,26,27). The number of para-hydroxylation sites is 1. The molecule has 3 heteroatoms. The van der Waals surface area contributed by atoms with Gasteiger partial charge in [-0.1, -0.05) is 121 Å². The second-order valence-electron chi connectivity index (χ2n) is 8.03. The lowest BCUT2D eigenvalue weighted by Gasteiger charge is -2.07. The summed E-state index contributed by atoms with van der Waals surface area (Å²) in [6.45, 7) is 2.28. The van der Waals surface area contributed by atoms with Crippen molar-refractivity contribution in [2.24, 2.45) is 0 Å². The first kappa shape index (κ1) is 24.5. The molecule has 1 aromatic carbocycles. The SMILES string of the molecule is CCCCCCCCCCCCCCCCCCc1ccccc1OC(=O)O. The summed E-state index contributed by atoms with van der Waals surface area (Å²) in [7, 11) is 0. The summed E-state index contributed by atoms with van der Waals surface area (Å²) in [5.74, 6) is 0.482. The van der Waals surface area contributed by atoms with Gasteiger partial charge in [-0.05, 0) is 24.5 Å². The smallest absolute Gasteiger partial charge is 0.449 e. The number of carbonyl (C=O) groups is 1. The first-order valence-electron chi connectivity index (χ1n) is 11.7. The molecule has 0 aliphatic carbocycles. The molecule has 0 aliphatic heterocycles. The van der Waals surface area contributed by atoms with Crippen LogP contribution < -0.4 is 4.74 Å². The van der Waals surface area contributed by atoms with Gasteiger partial charge in [-0.2, -0.15) is 0 Å². The van der Waals surface area contributed by atoms with Gasteiger partial charge in [-0.3, -0.25) is 0 Å². The molecule has 0 saturated heterocycles. The Hall–Kier alpha value is -1.51. The maximum atomic E-state index is 10.7. The van der Waals surface area contributed by atoms with Gasteiger partial charge in [0, 0.05) is 0 Å². The van der Waals surface area contributed by atoms with Crippen LogP contribution in [-0.2, 0) is 6.42 Å². The van der Waals surface area contributed by atoms with E-state index >= 15 is 0 Å². The van der Waals surface area contributed by atoms with Crippen molar-refractivity contribution in [1.82, 2.24) is 0 Å². The maximum absolute atomic E-state index is 10.7. The summed E-state index contributed by atoms with van der Waals surface area (Å²) >= 11 is 0. The number of hydrogen-bond donors (Lipinski definition) is 1. The Morgan fingerprint density at radius 3 is 1.61 bits per heavy atom. The Bertz CT molecular complexity index is 498. The van der Waals surface area contributed by atoms with E-state index in [2.05, 4.69) is 6.92 Å². The molecule has 0 radical (unpaired) electrons. The maximum Gasteiger partial charge on any atom is 0.511 e. The van der Waals surface area contributed by atoms with Gasteiger partial charge in [-0.15, -0.1) is 0 Å². The minimum absolute atomic E-state index is 0.482. The predicted octanol–water partition coefficient (Wildman–Crippen LogP) is 8.55. The minimum Gasteiger partial charge on any atom is -0.449 e. The lowest BCUT2D eigenvalue weighted by atomic mass is 10.0. The zero-order valence-corrected chi connectivity index (χ0v) is 18.1. The third-order valence-corrected chi connectivity index (χ3v) is 5.47. The number of rotatable bonds is 18. The lowest BCUT2D eigenvalue weighted by molar-refractivity contribution is 0.144. The molecule has 28 heavy (non-hydrogen) atoms. The molecular formula is C25H42O3. The van der Waals surface area contributed by atoms with E-state index in [1.165, 1.54) is 96.3 Å². The molecule has 160 valence electrons. The van der Waals surface area contributed by atoms with Crippen molar-refractivity contribution in [3.8, 4) is 5.75 Å². The highest BCUT2D eigenvalue weighted by Crippen LogP contribution is 2.21. The molecule has 0 aliphatic rings. The average molecular weight is 391 g/mol. The molecule has 0 spiro atoms. The molecule has 1 aromatic rings. The number of carboxylic acid groups (broad SMARTS) is 1. The normalized spacial score (nSPS) is 10.9. The number of ether oxygens (including phenoxy) is 1. The molecular weight excluding hydrogens is 348 g/mol. The van der Waals surface area contributed by atoms with Crippen molar-refractivity contribution in [2.45, 2.75) is 116 Å². The van der Waals surface area contributed by atoms with Crippen LogP contribution >= 0.6 is 0 Å². The van der Waals surface area contributed by atoms with Gasteiger partial charge in [0.15, 0.2) is 0 Å². The zero-order valence-electron chi connectivity index (χ0n) is 18.1. The Kier molecular flexibility index (Phi) is 15.4. The Balaban J connectivity index is 1.88. The summed E-state index contributed by atoms with van der Waals surface area (Å²) in [6.07, 6.45) is 21.4. The van der Waals surface area contributed by atoms with Crippen molar-refractivity contribution in [3.05, 3.63) is 29.8 Å². The van der Waals surface area contributed by atoms with Crippen molar-refractivity contribution < 1.29 is 14.6 Å². The van der Waals surface area contributed by atoms with Crippen LogP contribution in [0.4, 0.5) is 4.79 Å². The quantitative estimate of drug-likeness (QED) is 0.155. The molecule has 0 atom stereocenters. The van der Waals surface area contributed by atoms with Crippen LogP contribution in [0.3, 0.4) is 0 Å². The summed E-state index contributed by atoms with van der Waals surface area (Å²) in [4.78, 5) is 10.7. The fourth-order valence-electron chi connectivity index (χ4n) is 3.77. The molecule has 0 unspecified atom stereocenters. The zero-order chi connectivity index (χ0) is 20.3. The van der Waals surface area contributed by atoms with Crippen LogP contribution in [0.5, 0.6) is 5.75 Å². The van der Waals surface area contributed by atoms with E-state index < -0.39 is 6.16 Å². The fourth-order valence-corrected chi connectivity index (χ4v) is 3.77. The highest BCUT2D eigenvalue weighted by molar-refractivity contribution is 5.62. The molecule has 1 rings (SSSR count). The van der Waals surface area contributed by atoms with E-state index in [-0.39, 0.29) is 0 Å². The lowest BCUT2D eigenvalue weighted by Crippen LogP contribution is -2.05. The Labute approximate surface area is 172 Å². The van der Waals surface area contributed by atoms with Crippen LogP contribution in [0.2, 0.25) is 0 Å². The number of hydrogen-bond acceptors (Lipinski definition) is 2. The van der Waals surface area contributed by atoms with Gasteiger partial charge in [0.25, 0.3) is 0 Å². The van der Waals surface area contributed by atoms with Gasteiger partial charge in [-0.25, -0.2) is 4.79 Å². The Morgan fingerprint density at radius 1 is 0.714 bits per heavy atom. The summed E-state index contributed by atoms with van der Waals surface area (Å²) in [5.41, 5.74) is 0.996. The van der Waals surface area contributed by atoms with Crippen molar-refractivity contribution >= 4 is 6.16 Å². The van der Waals surface area contributed by atoms with Crippen LogP contribution in [0.1, 0.15) is 115 Å². The van der Waals surface area contributed by atoms with E-state index in [9.17, 15) is 4.79 Å². The molecule has 0 saturated carbocycles. The van der Waals surface area contributed by atoms with E-state index in [0.717, 1.165) is 18.4 Å². The van der Waals surface area contributed by atoms with E-state index in [4.69, 9.17) is 9.84 Å². The minimum atomic E-state index is -1.24. The first-order valence-corrected chi connectivity index (χ1v) is 11.7. The molecule has 0 amide bonds. The second-order valence-corrected chi connectivity index (χ2v) is 8.03. The van der Waals surface area contributed by atoms with Crippen LogP contribution in [0, 0.1) is 0 Å². The molecule has 0 aromatic heterocycles. The van der Waals surface area contributed by atoms with Gasteiger partial charge in [0.2, 0.25) is 0 Å². The van der Waals surface area contributed by atoms with Crippen molar-refractivity contribution in [3.63, 3.8) is 0 Å². The molecule has 0 bridgehead atoms. The van der Waals surface area contributed by atoms with Crippen LogP contribution in [0.15, 0.2) is 24.3 Å². The van der Waals surface area contributed by atoms with E-state index in [1.54, 1.807) is 6.07 Å². The van der Waals surface area contributed by atoms with Gasteiger partial charge in [0.05, 0.1) is 0 Å². The molecule has 0 heterocycles.